The molecule has 1 aliphatic rings. The zero-order valence-corrected chi connectivity index (χ0v) is 15.8. The maximum Gasteiger partial charge on any atom is 0.331 e. The highest BCUT2D eigenvalue weighted by molar-refractivity contribution is 5.91. The third-order valence-corrected chi connectivity index (χ3v) is 4.31. The van der Waals surface area contributed by atoms with Gasteiger partial charge in [-0.05, 0) is 25.9 Å². The number of nitrogens with zero attached hydrogens (tertiary/aromatic N) is 1. The molecule has 0 aromatic heterocycles. The molecule has 1 saturated heterocycles. The van der Waals surface area contributed by atoms with Gasteiger partial charge >= 0.3 is 11.9 Å². The Hall–Kier alpha value is -1.93. The van der Waals surface area contributed by atoms with Crippen molar-refractivity contribution in [3.8, 4) is 0 Å². The van der Waals surface area contributed by atoms with E-state index in [0.717, 1.165) is 31.8 Å². The van der Waals surface area contributed by atoms with Crippen LogP contribution in [0.3, 0.4) is 0 Å². The molecule has 26 heavy (non-hydrogen) atoms. The Morgan fingerprint density at radius 2 is 1.77 bits per heavy atom. The van der Waals surface area contributed by atoms with E-state index in [4.69, 9.17) is 4.74 Å². The number of ether oxygens (including phenoxy) is 2. The molecule has 0 aromatic carbocycles. The summed E-state index contributed by atoms with van der Waals surface area (Å²) >= 11 is 0. The number of rotatable bonds is 9. The number of carbonyl (C=O) groups is 3. The first-order valence-corrected chi connectivity index (χ1v) is 8.87. The lowest BCUT2D eigenvalue weighted by Gasteiger charge is -2.30. The number of esters is 2. The number of likely N-dealkylation sites (tertiary alicyclic amines) is 1. The van der Waals surface area contributed by atoms with Crippen molar-refractivity contribution in [3.05, 3.63) is 12.2 Å². The lowest BCUT2D eigenvalue weighted by atomic mass is 9.87. The van der Waals surface area contributed by atoms with Crippen molar-refractivity contribution in [2.45, 2.75) is 39.2 Å². The van der Waals surface area contributed by atoms with E-state index in [1.54, 1.807) is 13.8 Å². The molecule has 8 heteroatoms. The fourth-order valence-corrected chi connectivity index (χ4v) is 2.56. The summed E-state index contributed by atoms with van der Waals surface area (Å²) in [5.74, 6) is -1.91. The number of aliphatic hydroxyl groups is 1. The van der Waals surface area contributed by atoms with Gasteiger partial charge in [-0.25, -0.2) is 9.59 Å². The number of nitrogens with one attached hydrogen (secondary N) is 1. The number of methoxy groups -OCH3 is 1. The highest BCUT2D eigenvalue weighted by atomic mass is 16.5. The van der Waals surface area contributed by atoms with Crippen LogP contribution in [0, 0.1) is 5.41 Å². The van der Waals surface area contributed by atoms with Gasteiger partial charge in [0.05, 0.1) is 13.7 Å². The van der Waals surface area contributed by atoms with E-state index in [1.807, 2.05) is 0 Å². The van der Waals surface area contributed by atoms with Gasteiger partial charge in [0.25, 0.3) is 0 Å². The number of piperidine rings is 1. The Labute approximate surface area is 154 Å². The van der Waals surface area contributed by atoms with Gasteiger partial charge < -0.3 is 24.8 Å². The van der Waals surface area contributed by atoms with Gasteiger partial charge in [-0.1, -0.05) is 20.3 Å². The van der Waals surface area contributed by atoms with Gasteiger partial charge in [0.2, 0.25) is 5.91 Å². The van der Waals surface area contributed by atoms with Gasteiger partial charge in [-0.2, -0.15) is 0 Å². The van der Waals surface area contributed by atoms with Crippen molar-refractivity contribution in [3.63, 3.8) is 0 Å². The molecule has 0 bridgehead atoms. The SMILES string of the molecule is COC(=O)/C=C/C(=O)OCC(C)(C)[C@@H](O)C(=O)NCCN1CCCCC1. The first kappa shape index (κ1) is 22.1. The largest absolute Gasteiger partial charge is 0.466 e. The van der Waals surface area contributed by atoms with Crippen LogP contribution in [0.4, 0.5) is 0 Å². The maximum atomic E-state index is 12.1. The normalized spacial score (nSPS) is 16.9. The van der Waals surface area contributed by atoms with E-state index in [0.29, 0.717) is 6.54 Å². The molecule has 0 aliphatic carbocycles. The highest BCUT2D eigenvalue weighted by Crippen LogP contribution is 2.21. The summed E-state index contributed by atoms with van der Waals surface area (Å²) in [5.41, 5.74) is -0.968. The van der Waals surface area contributed by atoms with Crippen molar-refractivity contribution < 1.29 is 29.0 Å². The van der Waals surface area contributed by atoms with E-state index in [-0.39, 0.29) is 6.61 Å². The fraction of sp³-hybridized carbons (Fsp3) is 0.722. The Bertz CT molecular complexity index is 512. The summed E-state index contributed by atoms with van der Waals surface area (Å²) in [7, 11) is 1.20. The monoisotopic (exact) mass is 370 g/mol. The number of hydrogen-bond acceptors (Lipinski definition) is 7. The molecule has 0 saturated carbocycles. The van der Waals surface area contributed by atoms with Crippen LogP contribution in [0.2, 0.25) is 0 Å². The molecule has 1 fully saturated rings. The van der Waals surface area contributed by atoms with E-state index < -0.39 is 29.4 Å². The summed E-state index contributed by atoms with van der Waals surface area (Å²) in [6.45, 7) is 6.38. The molecular formula is C18H30N2O6. The van der Waals surface area contributed by atoms with E-state index >= 15 is 0 Å². The standard InChI is InChI=1S/C18H30N2O6/c1-18(2,13-26-15(22)8-7-14(21)25-3)16(23)17(24)19-9-12-20-10-5-4-6-11-20/h7-8,16,23H,4-6,9-13H2,1-3H3,(H,19,24)/b8-7+/t16-/m0/s1. The van der Waals surface area contributed by atoms with Crippen LogP contribution >= 0.6 is 0 Å². The second kappa shape index (κ2) is 10.9. The molecule has 0 aromatic rings. The van der Waals surface area contributed by atoms with Crippen molar-refractivity contribution in [1.82, 2.24) is 10.2 Å². The van der Waals surface area contributed by atoms with Crippen LogP contribution in [0.1, 0.15) is 33.1 Å². The van der Waals surface area contributed by atoms with E-state index in [2.05, 4.69) is 15.0 Å². The lowest BCUT2D eigenvalue weighted by molar-refractivity contribution is -0.149. The summed E-state index contributed by atoms with van der Waals surface area (Å²) in [6.07, 6.45) is 4.18. The molecule has 8 nitrogen and oxygen atoms in total. The molecular weight excluding hydrogens is 340 g/mol. The lowest BCUT2D eigenvalue weighted by Crippen LogP contribution is -2.48. The topological polar surface area (TPSA) is 105 Å². The number of hydrogen-bond donors (Lipinski definition) is 2. The second-order valence-electron chi connectivity index (χ2n) is 7.05. The predicted molar refractivity (Wildman–Crippen MR) is 95.2 cm³/mol. The third kappa shape index (κ3) is 7.97. The molecule has 1 heterocycles. The van der Waals surface area contributed by atoms with Crippen LogP contribution in [0.25, 0.3) is 0 Å². The average molecular weight is 370 g/mol. The zero-order valence-electron chi connectivity index (χ0n) is 15.8. The Balaban J connectivity index is 2.36. The molecule has 2 N–H and O–H groups in total. The van der Waals surface area contributed by atoms with E-state index in [9.17, 15) is 19.5 Å². The van der Waals surface area contributed by atoms with Crippen molar-refractivity contribution >= 4 is 17.8 Å². The van der Waals surface area contributed by atoms with Gasteiger partial charge in [-0.15, -0.1) is 0 Å². The second-order valence-corrected chi connectivity index (χ2v) is 7.05. The van der Waals surface area contributed by atoms with Gasteiger partial charge in [0.1, 0.15) is 6.10 Å². The summed E-state index contributed by atoms with van der Waals surface area (Å²) < 4.78 is 9.36. The maximum absolute atomic E-state index is 12.1. The number of amides is 1. The van der Waals surface area contributed by atoms with E-state index in [1.165, 1.54) is 26.4 Å². The van der Waals surface area contributed by atoms with Gasteiger partial charge in [0.15, 0.2) is 0 Å². The predicted octanol–water partition coefficient (Wildman–Crippen LogP) is 0.248. The Kier molecular flexibility index (Phi) is 9.29. The Morgan fingerprint density at radius 3 is 2.38 bits per heavy atom. The molecule has 1 amide bonds. The molecule has 1 atom stereocenters. The smallest absolute Gasteiger partial charge is 0.331 e. The third-order valence-electron chi connectivity index (χ3n) is 4.31. The fourth-order valence-electron chi connectivity index (χ4n) is 2.56. The quantitative estimate of drug-likeness (QED) is 0.443. The molecule has 148 valence electrons. The van der Waals surface area contributed by atoms with Crippen LogP contribution < -0.4 is 5.32 Å². The van der Waals surface area contributed by atoms with Crippen LogP contribution in [0.5, 0.6) is 0 Å². The average Bonchev–Trinajstić information content (AvgIpc) is 2.64. The van der Waals surface area contributed by atoms with Crippen LogP contribution in [-0.2, 0) is 23.9 Å². The molecule has 0 spiro atoms. The summed E-state index contributed by atoms with van der Waals surface area (Å²) in [5, 5.41) is 13.0. The highest BCUT2D eigenvalue weighted by Gasteiger charge is 2.34. The minimum absolute atomic E-state index is 0.169. The Morgan fingerprint density at radius 1 is 1.15 bits per heavy atom. The summed E-state index contributed by atoms with van der Waals surface area (Å²) in [6, 6.07) is 0. The minimum atomic E-state index is -1.32. The molecule has 1 rings (SSSR count). The van der Waals surface area contributed by atoms with Crippen molar-refractivity contribution in [2.24, 2.45) is 5.41 Å². The molecule has 1 aliphatic heterocycles. The van der Waals surface area contributed by atoms with Crippen molar-refractivity contribution in [2.75, 3.05) is 39.9 Å². The molecule has 0 unspecified atom stereocenters. The minimum Gasteiger partial charge on any atom is -0.466 e. The number of carbonyl (C=O) groups excluding carboxylic acids is 3. The van der Waals surface area contributed by atoms with Crippen molar-refractivity contribution in [1.29, 1.82) is 0 Å². The van der Waals surface area contributed by atoms with Gasteiger partial charge in [0, 0.05) is 30.7 Å². The summed E-state index contributed by atoms with van der Waals surface area (Å²) in [4.78, 5) is 36.9. The first-order chi connectivity index (χ1) is 12.3. The number of aliphatic hydroxyl groups excluding tert-OH is 1. The van der Waals surface area contributed by atoms with Crippen LogP contribution in [-0.4, -0.2) is 73.9 Å². The van der Waals surface area contributed by atoms with Crippen LogP contribution in [0.15, 0.2) is 12.2 Å². The van der Waals surface area contributed by atoms with Gasteiger partial charge in [-0.3, -0.25) is 4.79 Å². The first-order valence-electron chi connectivity index (χ1n) is 8.87. The zero-order chi connectivity index (χ0) is 19.6. The molecule has 0 radical (unpaired) electrons.